The third-order valence-electron chi connectivity index (χ3n) is 2.77. The number of hydrogen-bond acceptors (Lipinski definition) is 3. The molecule has 0 amide bonds. The van der Waals surface area contributed by atoms with E-state index < -0.39 is 12.2 Å². The quantitative estimate of drug-likeness (QED) is 0.838. The summed E-state index contributed by atoms with van der Waals surface area (Å²) < 4.78 is 47.9. The van der Waals surface area contributed by atoms with E-state index in [0.29, 0.717) is 24.7 Å². The van der Waals surface area contributed by atoms with Crippen LogP contribution >= 0.6 is 0 Å². The molecule has 0 bridgehead atoms. The topological polar surface area (TPSA) is 44.5 Å². The molecule has 2 N–H and O–H groups in total. The molecule has 1 unspecified atom stereocenters. The van der Waals surface area contributed by atoms with Gasteiger partial charge in [-0.3, -0.25) is 0 Å². The molecule has 0 saturated heterocycles. The van der Waals surface area contributed by atoms with E-state index in [1.54, 1.807) is 18.2 Å². The van der Waals surface area contributed by atoms with Gasteiger partial charge < -0.3 is 15.2 Å². The molecule has 20 heavy (non-hydrogen) atoms. The first kappa shape index (κ1) is 16.6. The highest BCUT2D eigenvalue weighted by Crippen LogP contribution is 2.29. The van der Waals surface area contributed by atoms with E-state index in [9.17, 15) is 13.2 Å². The van der Waals surface area contributed by atoms with Crippen LogP contribution in [-0.2, 0) is 6.42 Å². The fourth-order valence-electron chi connectivity index (χ4n) is 1.74. The molecule has 3 nitrogen and oxygen atoms in total. The predicted molar refractivity (Wildman–Crippen MR) is 71.1 cm³/mol. The number of rotatable bonds is 7. The Morgan fingerprint density at radius 3 is 2.25 bits per heavy atom. The van der Waals surface area contributed by atoms with Gasteiger partial charge >= 0.3 is 6.18 Å². The van der Waals surface area contributed by atoms with Gasteiger partial charge in [0.25, 0.3) is 0 Å². The van der Waals surface area contributed by atoms with Gasteiger partial charge in [-0.25, -0.2) is 0 Å². The van der Waals surface area contributed by atoms with E-state index in [4.69, 9.17) is 15.2 Å². The third kappa shape index (κ3) is 4.92. The Balaban J connectivity index is 2.74. The van der Waals surface area contributed by atoms with Crippen molar-refractivity contribution >= 4 is 0 Å². The average molecular weight is 291 g/mol. The Labute approximate surface area is 116 Å². The van der Waals surface area contributed by atoms with E-state index >= 15 is 0 Å². The standard InChI is InChI=1S/C14H20F3NO2/c1-3-19-11-7-5-10(9-12(11)20-4-2)6-8-13(18)14(15,16)17/h5,7,9,13H,3-4,6,8,18H2,1-2H3. The molecule has 0 spiro atoms. The van der Waals surface area contributed by atoms with Gasteiger partial charge in [-0.2, -0.15) is 13.2 Å². The molecule has 0 fully saturated rings. The zero-order valence-electron chi connectivity index (χ0n) is 11.7. The summed E-state index contributed by atoms with van der Waals surface area (Å²) in [6, 6.07) is 3.35. The lowest BCUT2D eigenvalue weighted by atomic mass is 10.0. The Kier molecular flexibility index (Phi) is 6.13. The molecule has 0 saturated carbocycles. The van der Waals surface area contributed by atoms with Gasteiger partial charge in [0.05, 0.1) is 13.2 Å². The Hall–Kier alpha value is -1.43. The normalized spacial score (nSPS) is 13.1. The van der Waals surface area contributed by atoms with Crippen LogP contribution in [0.4, 0.5) is 13.2 Å². The lowest BCUT2D eigenvalue weighted by molar-refractivity contribution is -0.148. The minimum atomic E-state index is -4.35. The van der Waals surface area contributed by atoms with Crippen molar-refractivity contribution in [1.82, 2.24) is 0 Å². The molecule has 0 aliphatic rings. The van der Waals surface area contributed by atoms with E-state index in [0.717, 1.165) is 5.56 Å². The molecule has 0 radical (unpaired) electrons. The van der Waals surface area contributed by atoms with Gasteiger partial charge in [-0.15, -0.1) is 0 Å². The average Bonchev–Trinajstić information content (AvgIpc) is 2.38. The summed E-state index contributed by atoms with van der Waals surface area (Å²) in [6.45, 7) is 4.65. The molecule has 6 heteroatoms. The second-order valence-corrected chi connectivity index (χ2v) is 4.33. The van der Waals surface area contributed by atoms with Crippen molar-refractivity contribution in [2.75, 3.05) is 13.2 Å². The van der Waals surface area contributed by atoms with Crippen molar-refractivity contribution in [3.63, 3.8) is 0 Å². The van der Waals surface area contributed by atoms with E-state index in [2.05, 4.69) is 0 Å². The van der Waals surface area contributed by atoms with Crippen LogP contribution in [0.1, 0.15) is 25.8 Å². The summed E-state index contributed by atoms with van der Waals surface area (Å²) in [5, 5.41) is 0. The fourth-order valence-corrected chi connectivity index (χ4v) is 1.74. The van der Waals surface area contributed by atoms with Gasteiger partial charge in [0.15, 0.2) is 11.5 Å². The Bertz CT molecular complexity index is 421. The summed E-state index contributed by atoms with van der Waals surface area (Å²) in [5.74, 6) is 1.14. The van der Waals surface area contributed by atoms with Crippen LogP contribution in [0.25, 0.3) is 0 Å². The zero-order valence-corrected chi connectivity index (χ0v) is 11.7. The summed E-state index contributed by atoms with van der Waals surface area (Å²) in [4.78, 5) is 0. The molecular weight excluding hydrogens is 271 g/mol. The van der Waals surface area contributed by atoms with E-state index in [1.807, 2.05) is 13.8 Å². The first-order chi connectivity index (χ1) is 9.38. The molecule has 0 aliphatic carbocycles. The highest BCUT2D eigenvalue weighted by atomic mass is 19.4. The first-order valence-corrected chi connectivity index (χ1v) is 6.59. The highest BCUT2D eigenvalue weighted by molar-refractivity contribution is 5.43. The van der Waals surface area contributed by atoms with Crippen LogP contribution in [0.2, 0.25) is 0 Å². The van der Waals surface area contributed by atoms with E-state index in [-0.39, 0.29) is 12.8 Å². The van der Waals surface area contributed by atoms with Crippen molar-refractivity contribution in [2.45, 2.75) is 38.9 Å². The van der Waals surface area contributed by atoms with Gasteiger partial charge in [0.1, 0.15) is 6.04 Å². The van der Waals surface area contributed by atoms with Crippen molar-refractivity contribution < 1.29 is 22.6 Å². The minimum Gasteiger partial charge on any atom is -0.490 e. The fraction of sp³-hybridized carbons (Fsp3) is 0.571. The number of hydrogen-bond donors (Lipinski definition) is 1. The Morgan fingerprint density at radius 2 is 1.70 bits per heavy atom. The lowest BCUT2D eigenvalue weighted by Gasteiger charge is -2.16. The van der Waals surface area contributed by atoms with Gasteiger partial charge in [-0.1, -0.05) is 6.07 Å². The number of benzene rings is 1. The Morgan fingerprint density at radius 1 is 1.10 bits per heavy atom. The summed E-state index contributed by atoms with van der Waals surface area (Å²) in [7, 11) is 0. The van der Waals surface area contributed by atoms with Crippen LogP contribution in [0, 0.1) is 0 Å². The molecule has 1 aromatic rings. The zero-order chi connectivity index (χ0) is 15.2. The van der Waals surface area contributed by atoms with Crippen molar-refractivity contribution in [3.05, 3.63) is 23.8 Å². The van der Waals surface area contributed by atoms with Gasteiger partial charge in [0.2, 0.25) is 0 Å². The van der Waals surface area contributed by atoms with Gasteiger partial charge in [-0.05, 0) is 44.4 Å². The van der Waals surface area contributed by atoms with Crippen LogP contribution < -0.4 is 15.2 Å². The smallest absolute Gasteiger partial charge is 0.403 e. The SMILES string of the molecule is CCOc1ccc(CCC(N)C(F)(F)F)cc1OCC. The summed E-state index contributed by atoms with van der Waals surface area (Å²) in [6.07, 6.45) is -4.26. The maximum absolute atomic E-state index is 12.3. The first-order valence-electron chi connectivity index (χ1n) is 6.59. The number of ether oxygens (including phenoxy) is 2. The van der Waals surface area contributed by atoms with Crippen LogP contribution in [0.15, 0.2) is 18.2 Å². The van der Waals surface area contributed by atoms with Crippen molar-refractivity contribution in [3.8, 4) is 11.5 Å². The van der Waals surface area contributed by atoms with Crippen molar-refractivity contribution in [1.29, 1.82) is 0 Å². The van der Waals surface area contributed by atoms with Gasteiger partial charge in [0, 0.05) is 0 Å². The largest absolute Gasteiger partial charge is 0.490 e. The number of halogens is 3. The number of nitrogens with two attached hydrogens (primary N) is 1. The molecule has 0 aromatic heterocycles. The maximum atomic E-state index is 12.3. The number of aryl methyl sites for hydroxylation is 1. The molecule has 1 rings (SSSR count). The number of alkyl halides is 3. The third-order valence-corrected chi connectivity index (χ3v) is 2.77. The van der Waals surface area contributed by atoms with Crippen molar-refractivity contribution in [2.24, 2.45) is 5.73 Å². The highest BCUT2D eigenvalue weighted by Gasteiger charge is 2.35. The molecule has 1 aromatic carbocycles. The second-order valence-electron chi connectivity index (χ2n) is 4.33. The molecular formula is C14H20F3NO2. The maximum Gasteiger partial charge on any atom is 0.403 e. The summed E-state index contributed by atoms with van der Waals surface area (Å²) in [5.41, 5.74) is 5.84. The van der Waals surface area contributed by atoms with Crippen LogP contribution in [-0.4, -0.2) is 25.4 Å². The molecule has 1 atom stereocenters. The molecule has 114 valence electrons. The minimum absolute atomic E-state index is 0.150. The molecule has 0 heterocycles. The summed E-state index contributed by atoms with van der Waals surface area (Å²) >= 11 is 0. The van der Waals surface area contributed by atoms with Crippen LogP contribution in [0.5, 0.6) is 11.5 Å². The molecule has 0 aliphatic heterocycles. The monoisotopic (exact) mass is 291 g/mol. The lowest BCUT2D eigenvalue weighted by Crippen LogP contribution is -2.37. The second kappa shape index (κ2) is 7.38. The predicted octanol–water partition coefficient (Wildman–Crippen LogP) is 3.31. The van der Waals surface area contributed by atoms with Crippen LogP contribution in [0.3, 0.4) is 0 Å². The van der Waals surface area contributed by atoms with E-state index in [1.165, 1.54) is 0 Å².